The number of nitrogens with zero attached hydrogens (tertiary/aromatic N) is 1. The number of aryl methyl sites for hydroxylation is 1. The number of benzene rings is 2. The molecule has 0 saturated carbocycles. The summed E-state index contributed by atoms with van der Waals surface area (Å²) in [6.45, 7) is 1.67. The van der Waals surface area contributed by atoms with Gasteiger partial charge in [-0.15, -0.1) is 34.9 Å². The van der Waals surface area contributed by atoms with Crippen LogP contribution in [0.25, 0.3) is 11.3 Å². The number of thiazole rings is 1. The first-order chi connectivity index (χ1) is 14.5. The van der Waals surface area contributed by atoms with E-state index in [1.54, 1.807) is 0 Å². The molecule has 1 fully saturated rings. The molecule has 3 aromatic rings. The molecule has 9 heteroatoms. The predicted molar refractivity (Wildman–Crippen MR) is 120 cm³/mol. The van der Waals surface area contributed by atoms with E-state index in [4.69, 9.17) is 4.74 Å². The molecule has 1 aromatic heterocycles. The summed E-state index contributed by atoms with van der Waals surface area (Å²) < 4.78 is 32.8. The molecule has 1 aliphatic rings. The van der Waals surface area contributed by atoms with Crippen LogP contribution in [-0.4, -0.2) is 29.0 Å². The van der Waals surface area contributed by atoms with E-state index in [9.17, 15) is 13.6 Å². The Kier molecular flexibility index (Phi) is 6.60. The number of aromatic nitrogens is 1. The zero-order chi connectivity index (χ0) is 21.1. The summed E-state index contributed by atoms with van der Waals surface area (Å²) in [4.78, 5) is 17.5. The number of carbonyl (C=O) groups is 1. The molecule has 2 heterocycles. The molecule has 0 atom stereocenters. The van der Waals surface area contributed by atoms with Crippen LogP contribution in [-0.2, 0) is 4.79 Å². The highest BCUT2D eigenvalue weighted by Crippen LogP contribution is 2.48. The van der Waals surface area contributed by atoms with Gasteiger partial charge in [0.25, 0.3) is 5.91 Å². The average Bonchev–Trinajstić information content (AvgIpc) is 3.39. The van der Waals surface area contributed by atoms with Gasteiger partial charge in [-0.05, 0) is 31.2 Å². The number of carbonyl (C=O) groups excluding carboxylic acids is 1. The summed E-state index contributed by atoms with van der Waals surface area (Å²) in [5.41, 5.74) is 2.05. The molecule has 156 valence electrons. The van der Waals surface area contributed by atoms with Crippen molar-refractivity contribution >= 4 is 45.9 Å². The molecular formula is C21H18F2N2O2S3. The smallest absolute Gasteiger partial charge is 0.264 e. The standard InChI is InChI=1S/C21H18F2N2O2S3/c1-12-19(13-6-7-15(22)16(23)10-13)25-21(30-12)24-18(26)11-27-17-5-3-2-4-14(17)20-28-8-9-29-20/h2-7,10,20H,8-9,11H2,1H3,(H,24,25,26). The molecule has 1 aliphatic heterocycles. The number of amides is 1. The highest BCUT2D eigenvalue weighted by molar-refractivity contribution is 8.19. The summed E-state index contributed by atoms with van der Waals surface area (Å²) in [5.74, 6) is 0.740. The molecule has 30 heavy (non-hydrogen) atoms. The molecule has 4 rings (SSSR count). The lowest BCUT2D eigenvalue weighted by molar-refractivity contribution is -0.118. The summed E-state index contributed by atoms with van der Waals surface area (Å²) in [6.07, 6.45) is 0. The molecule has 0 spiro atoms. The fourth-order valence-electron chi connectivity index (χ4n) is 3.00. The quantitative estimate of drug-likeness (QED) is 0.493. The van der Waals surface area contributed by atoms with Gasteiger partial charge in [-0.1, -0.05) is 18.2 Å². The predicted octanol–water partition coefficient (Wildman–Crippen LogP) is 5.89. The van der Waals surface area contributed by atoms with Crippen LogP contribution in [0.1, 0.15) is 15.0 Å². The number of thioether (sulfide) groups is 2. The number of hydrogen-bond acceptors (Lipinski definition) is 6. The molecule has 0 aliphatic carbocycles. The van der Waals surface area contributed by atoms with Crippen LogP contribution < -0.4 is 10.1 Å². The average molecular weight is 465 g/mol. The van der Waals surface area contributed by atoms with E-state index >= 15 is 0 Å². The summed E-state index contributed by atoms with van der Waals surface area (Å²) in [5, 5.41) is 3.11. The number of para-hydroxylation sites is 1. The lowest BCUT2D eigenvalue weighted by atomic mass is 10.1. The number of anilines is 1. The third-order valence-electron chi connectivity index (χ3n) is 4.39. The fourth-order valence-corrected chi connectivity index (χ4v) is 6.77. The van der Waals surface area contributed by atoms with Crippen LogP contribution in [0.15, 0.2) is 42.5 Å². The minimum atomic E-state index is -0.934. The van der Waals surface area contributed by atoms with Gasteiger partial charge in [0.15, 0.2) is 23.4 Å². The summed E-state index contributed by atoms with van der Waals surface area (Å²) in [6, 6.07) is 11.4. The van der Waals surface area contributed by atoms with Crippen LogP contribution in [0, 0.1) is 18.6 Å². The zero-order valence-corrected chi connectivity index (χ0v) is 18.4. The highest BCUT2D eigenvalue weighted by Gasteiger charge is 2.22. The van der Waals surface area contributed by atoms with Crippen LogP contribution in [0.3, 0.4) is 0 Å². The van der Waals surface area contributed by atoms with Crippen molar-refractivity contribution in [3.63, 3.8) is 0 Å². The van der Waals surface area contributed by atoms with Crippen molar-refractivity contribution in [3.8, 4) is 17.0 Å². The van der Waals surface area contributed by atoms with Crippen molar-refractivity contribution in [2.45, 2.75) is 11.5 Å². The van der Waals surface area contributed by atoms with Gasteiger partial charge in [-0.25, -0.2) is 13.8 Å². The Morgan fingerprint density at radius 1 is 1.17 bits per heavy atom. The summed E-state index contributed by atoms with van der Waals surface area (Å²) in [7, 11) is 0. The second kappa shape index (κ2) is 9.36. The van der Waals surface area contributed by atoms with E-state index in [1.165, 1.54) is 17.4 Å². The van der Waals surface area contributed by atoms with E-state index < -0.39 is 11.6 Å². The van der Waals surface area contributed by atoms with E-state index in [2.05, 4.69) is 10.3 Å². The maximum Gasteiger partial charge on any atom is 0.264 e. The van der Waals surface area contributed by atoms with Crippen molar-refractivity contribution in [3.05, 3.63) is 64.5 Å². The van der Waals surface area contributed by atoms with Crippen molar-refractivity contribution in [1.29, 1.82) is 0 Å². The molecule has 0 bridgehead atoms. The van der Waals surface area contributed by atoms with Crippen molar-refractivity contribution in [1.82, 2.24) is 4.98 Å². The van der Waals surface area contributed by atoms with Gasteiger partial charge in [-0.3, -0.25) is 10.1 Å². The number of rotatable bonds is 6. The number of ether oxygens (including phenoxy) is 1. The Morgan fingerprint density at radius 2 is 1.93 bits per heavy atom. The van der Waals surface area contributed by atoms with Gasteiger partial charge < -0.3 is 4.74 Å². The van der Waals surface area contributed by atoms with E-state index in [0.29, 0.717) is 26.7 Å². The van der Waals surface area contributed by atoms with Crippen molar-refractivity contribution < 1.29 is 18.3 Å². The maximum atomic E-state index is 13.5. The zero-order valence-electron chi connectivity index (χ0n) is 16.0. The van der Waals surface area contributed by atoms with E-state index in [1.807, 2.05) is 54.7 Å². The van der Waals surface area contributed by atoms with Gasteiger partial charge in [0, 0.05) is 27.5 Å². The lowest BCUT2D eigenvalue weighted by Crippen LogP contribution is -2.20. The molecule has 1 amide bonds. The van der Waals surface area contributed by atoms with Crippen LogP contribution in [0.5, 0.6) is 5.75 Å². The third-order valence-corrected chi connectivity index (χ3v) is 8.34. The monoisotopic (exact) mass is 464 g/mol. The van der Waals surface area contributed by atoms with Crippen molar-refractivity contribution in [2.75, 3.05) is 23.4 Å². The fraction of sp³-hybridized carbons (Fsp3) is 0.238. The lowest BCUT2D eigenvalue weighted by Gasteiger charge is -2.14. The van der Waals surface area contributed by atoms with Gasteiger partial charge in [0.05, 0.1) is 10.3 Å². The Bertz CT molecular complexity index is 1070. The Morgan fingerprint density at radius 3 is 2.70 bits per heavy atom. The summed E-state index contributed by atoms with van der Waals surface area (Å²) >= 11 is 5.02. The first-order valence-electron chi connectivity index (χ1n) is 9.19. The number of halogens is 2. The topological polar surface area (TPSA) is 51.2 Å². The third kappa shape index (κ3) is 4.79. The first-order valence-corrected chi connectivity index (χ1v) is 12.1. The molecule has 4 nitrogen and oxygen atoms in total. The van der Waals surface area contributed by atoms with E-state index in [0.717, 1.165) is 34.1 Å². The van der Waals surface area contributed by atoms with Gasteiger partial charge >= 0.3 is 0 Å². The number of hydrogen-bond donors (Lipinski definition) is 1. The largest absolute Gasteiger partial charge is 0.483 e. The second-order valence-corrected chi connectivity index (χ2v) is 10.4. The van der Waals surface area contributed by atoms with E-state index in [-0.39, 0.29) is 12.5 Å². The molecule has 0 radical (unpaired) electrons. The first kappa shape index (κ1) is 21.1. The minimum absolute atomic E-state index is 0.141. The van der Waals surface area contributed by atoms with Crippen LogP contribution >= 0.6 is 34.9 Å². The van der Waals surface area contributed by atoms with Gasteiger partial charge in [-0.2, -0.15) is 0 Å². The second-order valence-electron chi connectivity index (χ2n) is 6.50. The Labute approximate surface area is 185 Å². The maximum absolute atomic E-state index is 13.5. The molecule has 1 saturated heterocycles. The normalized spacial score (nSPS) is 14.1. The van der Waals surface area contributed by atoms with Crippen LogP contribution in [0.2, 0.25) is 0 Å². The number of nitrogens with one attached hydrogen (secondary N) is 1. The Balaban J connectivity index is 1.41. The minimum Gasteiger partial charge on any atom is -0.483 e. The van der Waals surface area contributed by atoms with Crippen LogP contribution in [0.4, 0.5) is 13.9 Å². The molecular weight excluding hydrogens is 446 g/mol. The van der Waals surface area contributed by atoms with Gasteiger partial charge in [0.1, 0.15) is 5.75 Å². The SMILES string of the molecule is Cc1sc(NC(=O)COc2ccccc2C2SCCS2)nc1-c1ccc(F)c(F)c1. The molecule has 0 unspecified atom stereocenters. The highest BCUT2D eigenvalue weighted by atomic mass is 32.2. The Hall–Kier alpha value is -2.10. The van der Waals surface area contributed by atoms with Gasteiger partial charge in [0.2, 0.25) is 0 Å². The molecule has 2 aromatic carbocycles. The molecule has 1 N–H and O–H groups in total. The van der Waals surface area contributed by atoms with Crippen molar-refractivity contribution in [2.24, 2.45) is 0 Å².